The van der Waals surface area contributed by atoms with Crippen molar-refractivity contribution in [2.24, 2.45) is 0 Å². The minimum atomic E-state index is -0.827. The fourth-order valence-electron chi connectivity index (χ4n) is 3.86. The van der Waals surface area contributed by atoms with E-state index >= 15 is 0 Å². The maximum absolute atomic E-state index is 13.1. The van der Waals surface area contributed by atoms with Crippen LogP contribution in [0.25, 0.3) is 5.76 Å². The Kier molecular flexibility index (Phi) is 7.83. The number of benzene rings is 2. The van der Waals surface area contributed by atoms with Crippen LogP contribution in [0.1, 0.15) is 37.9 Å². The van der Waals surface area contributed by atoms with Crippen LogP contribution in [0.5, 0.6) is 17.2 Å². The Hall–Kier alpha value is -3.52. The lowest BCUT2D eigenvalue weighted by Crippen LogP contribution is -2.35. The lowest BCUT2D eigenvalue weighted by molar-refractivity contribution is -0.140. The van der Waals surface area contributed by atoms with Crippen molar-refractivity contribution in [3.63, 3.8) is 0 Å². The van der Waals surface area contributed by atoms with E-state index in [1.807, 2.05) is 32.8 Å². The standard InChI is InChI=1S/C26H32N2O6/c1-6-33-21-15-18(9-12-20(21)29)23-22(25(31)26(32)28(23)14-13-27(4)5)24(30)17-7-10-19(11-8-17)34-16(2)3/h7-12,15-16,23,29-30H,6,13-14H2,1-5H3/b24-22+/t23-/m1/s1. The van der Waals surface area contributed by atoms with Crippen LogP contribution in [-0.4, -0.2) is 71.6 Å². The highest BCUT2D eigenvalue weighted by Gasteiger charge is 2.46. The lowest BCUT2D eigenvalue weighted by Gasteiger charge is -2.27. The second-order valence-corrected chi connectivity index (χ2v) is 8.65. The summed E-state index contributed by atoms with van der Waals surface area (Å²) in [7, 11) is 3.75. The average molecular weight is 469 g/mol. The normalized spacial score (nSPS) is 17.6. The highest BCUT2D eigenvalue weighted by Crippen LogP contribution is 2.41. The van der Waals surface area contributed by atoms with Crippen molar-refractivity contribution < 1.29 is 29.3 Å². The molecule has 182 valence electrons. The number of likely N-dealkylation sites (N-methyl/N-ethyl adjacent to an activating group) is 1. The summed E-state index contributed by atoms with van der Waals surface area (Å²) in [6, 6.07) is 10.6. The molecule has 2 N–H and O–H groups in total. The van der Waals surface area contributed by atoms with Crippen LogP contribution in [0.3, 0.4) is 0 Å². The summed E-state index contributed by atoms with van der Waals surface area (Å²) < 4.78 is 11.2. The third-order valence-electron chi connectivity index (χ3n) is 5.43. The van der Waals surface area contributed by atoms with E-state index < -0.39 is 17.7 Å². The first-order chi connectivity index (χ1) is 16.1. The topological polar surface area (TPSA) is 99.5 Å². The van der Waals surface area contributed by atoms with Gasteiger partial charge in [0.2, 0.25) is 0 Å². The van der Waals surface area contributed by atoms with Crippen LogP contribution in [-0.2, 0) is 9.59 Å². The monoisotopic (exact) mass is 468 g/mol. The Balaban J connectivity index is 2.11. The second kappa shape index (κ2) is 10.6. The minimum Gasteiger partial charge on any atom is -0.507 e. The van der Waals surface area contributed by atoms with Gasteiger partial charge in [-0.3, -0.25) is 9.59 Å². The summed E-state index contributed by atoms with van der Waals surface area (Å²) in [6.45, 7) is 6.77. The minimum absolute atomic E-state index is 0.00417. The van der Waals surface area contributed by atoms with E-state index in [-0.39, 0.29) is 35.5 Å². The van der Waals surface area contributed by atoms with E-state index in [1.165, 1.54) is 11.0 Å². The first-order valence-corrected chi connectivity index (χ1v) is 11.3. The molecule has 1 atom stereocenters. The Bertz CT molecular complexity index is 1080. The molecule has 0 saturated carbocycles. The zero-order valence-electron chi connectivity index (χ0n) is 20.2. The summed E-state index contributed by atoms with van der Waals surface area (Å²) in [4.78, 5) is 29.5. The summed E-state index contributed by atoms with van der Waals surface area (Å²) in [5.41, 5.74) is 0.950. The van der Waals surface area contributed by atoms with Crippen molar-refractivity contribution in [1.29, 1.82) is 0 Å². The molecule has 0 aromatic heterocycles. The molecule has 1 saturated heterocycles. The van der Waals surface area contributed by atoms with Gasteiger partial charge >= 0.3 is 0 Å². The predicted molar refractivity (Wildman–Crippen MR) is 129 cm³/mol. The highest BCUT2D eigenvalue weighted by atomic mass is 16.5. The van der Waals surface area contributed by atoms with Gasteiger partial charge in [0.1, 0.15) is 11.5 Å². The van der Waals surface area contributed by atoms with Gasteiger partial charge in [0.25, 0.3) is 11.7 Å². The molecule has 0 spiro atoms. The Morgan fingerprint density at radius 2 is 1.79 bits per heavy atom. The van der Waals surface area contributed by atoms with Crippen LogP contribution >= 0.6 is 0 Å². The highest BCUT2D eigenvalue weighted by molar-refractivity contribution is 6.46. The maximum atomic E-state index is 13.1. The van der Waals surface area contributed by atoms with Gasteiger partial charge < -0.3 is 29.5 Å². The summed E-state index contributed by atoms with van der Waals surface area (Å²) in [5.74, 6) is -0.869. The fourth-order valence-corrected chi connectivity index (χ4v) is 3.86. The predicted octanol–water partition coefficient (Wildman–Crippen LogP) is 3.56. The number of amides is 1. The van der Waals surface area contributed by atoms with E-state index in [1.54, 1.807) is 43.3 Å². The summed E-state index contributed by atoms with van der Waals surface area (Å²) in [5, 5.41) is 21.3. The molecule has 3 rings (SSSR count). The van der Waals surface area contributed by atoms with E-state index in [2.05, 4.69) is 0 Å². The van der Waals surface area contributed by atoms with Gasteiger partial charge in [0, 0.05) is 18.7 Å². The van der Waals surface area contributed by atoms with Crippen molar-refractivity contribution in [2.75, 3.05) is 33.8 Å². The van der Waals surface area contributed by atoms with Gasteiger partial charge in [-0.25, -0.2) is 0 Å². The Morgan fingerprint density at radius 3 is 2.38 bits per heavy atom. The van der Waals surface area contributed by atoms with Gasteiger partial charge in [-0.05, 0) is 76.8 Å². The maximum Gasteiger partial charge on any atom is 0.295 e. The molecule has 0 aliphatic carbocycles. The van der Waals surface area contributed by atoms with Crippen LogP contribution in [0.4, 0.5) is 0 Å². The molecular formula is C26H32N2O6. The van der Waals surface area contributed by atoms with Crippen LogP contribution in [0.15, 0.2) is 48.0 Å². The van der Waals surface area contributed by atoms with Gasteiger partial charge in [-0.15, -0.1) is 0 Å². The molecule has 0 bridgehead atoms. The number of likely N-dealkylation sites (tertiary alicyclic amines) is 1. The number of carbonyl (C=O) groups is 2. The van der Waals surface area contributed by atoms with Gasteiger partial charge in [-0.1, -0.05) is 6.07 Å². The van der Waals surface area contributed by atoms with Crippen molar-refractivity contribution in [1.82, 2.24) is 9.80 Å². The van der Waals surface area contributed by atoms with Crippen molar-refractivity contribution in [3.8, 4) is 17.2 Å². The molecule has 0 unspecified atom stereocenters. The number of aliphatic hydroxyl groups excluding tert-OH is 1. The number of aliphatic hydroxyl groups is 1. The van der Waals surface area contributed by atoms with E-state index in [9.17, 15) is 19.8 Å². The zero-order valence-corrected chi connectivity index (χ0v) is 20.2. The molecule has 8 heteroatoms. The molecule has 8 nitrogen and oxygen atoms in total. The number of Topliss-reactive ketones (excluding diaryl/α,β-unsaturated/α-hetero) is 1. The number of hydrogen-bond acceptors (Lipinski definition) is 7. The summed E-state index contributed by atoms with van der Waals surface area (Å²) in [6.07, 6.45) is -0.00417. The van der Waals surface area contributed by atoms with Crippen LogP contribution < -0.4 is 9.47 Å². The molecule has 0 radical (unpaired) electrons. The number of carbonyl (C=O) groups excluding carboxylic acids is 2. The van der Waals surface area contributed by atoms with Crippen molar-refractivity contribution >= 4 is 17.4 Å². The van der Waals surface area contributed by atoms with Gasteiger partial charge in [-0.2, -0.15) is 0 Å². The SMILES string of the molecule is CCOc1cc([C@@H]2/C(=C(\O)c3ccc(OC(C)C)cc3)C(=O)C(=O)N2CCN(C)C)ccc1O. The van der Waals surface area contributed by atoms with E-state index in [4.69, 9.17) is 9.47 Å². The van der Waals surface area contributed by atoms with Crippen molar-refractivity contribution in [2.45, 2.75) is 32.9 Å². The zero-order chi connectivity index (χ0) is 25.0. The summed E-state index contributed by atoms with van der Waals surface area (Å²) >= 11 is 0. The lowest BCUT2D eigenvalue weighted by atomic mass is 9.95. The molecule has 1 amide bonds. The van der Waals surface area contributed by atoms with Crippen molar-refractivity contribution in [3.05, 3.63) is 59.2 Å². The molecule has 1 fully saturated rings. The molecule has 1 heterocycles. The number of nitrogens with zero attached hydrogens (tertiary/aromatic N) is 2. The average Bonchev–Trinajstić information content (AvgIpc) is 3.03. The van der Waals surface area contributed by atoms with Gasteiger partial charge in [0.15, 0.2) is 11.5 Å². The number of ketones is 1. The Morgan fingerprint density at radius 1 is 1.12 bits per heavy atom. The van der Waals surface area contributed by atoms with Gasteiger partial charge in [0.05, 0.1) is 24.3 Å². The molecule has 2 aromatic carbocycles. The molecule has 2 aromatic rings. The Labute approximate surface area is 200 Å². The number of aromatic hydroxyl groups is 1. The fraction of sp³-hybridized carbons (Fsp3) is 0.385. The molecule has 1 aliphatic rings. The third-order valence-corrected chi connectivity index (χ3v) is 5.43. The number of phenolic OH excluding ortho intramolecular Hbond substituents is 1. The first kappa shape index (κ1) is 25.1. The quantitative estimate of drug-likeness (QED) is 0.330. The van der Waals surface area contributed by atoms with E-state index in [0.29, 0.717) is 30.0 Å². The van der Waals surface area contributed by atoms with Crippen LogP contribution in [0.2, 0.25) is 0 Å². The largest absolute Gasteiger partial charge is 0.507 e. The number of rotatable bonds is 9. The number of phenols is 1. The second-order valence-electron chi connectivity index (χ2n) is 8.65. The van der Waals surface area contributed by atoms with E-state index in [0.717, 1.165) is 0 Å². The smallest absolute Gasteiger partial charge is 0.295 e. The first-order valence-electron chi connectivity index (χ1n) is 11.3. The molecule has 34 heavy (non-hydrogen) atoms. The number of hydrogen-bond donors (Lipinski definition) is 2. The molecule has 1 aliphatic heterocycles. The molecular weight excluding hydrogens is 436 g/mol. The number of ether oxygens (including phenoxy) is 2. The third kappa shape index (κ3) is 5.34. The van der Waals surface area contributed by atoms with Crippen LogP contribution in [0, 0.1) is 0 Å².